The number of aromatic carboxylic acids is 1. The van der Waals surface area contributed by atoms with Gasteiger partial charge in [0.05, 0.1) is 36.4 Å². The van der Waals surface area contributed by atoms with Gasteiger partial charge in [-0.05, 0) is 42.4 Å². The molecule has 0 bridgehead atoms. The molecule has 11 heteroatoms. The zero-order valence-corrected chi connectivity index (χ0v) is 23.5. The Morgan fingerprint density at radius 2 is 2.02 bits per heavy atom. The smallest absolute Gasteiger partial charge is 0.335 e. The number of hydrogen-bond donors (Lipinski definition) is 2. The molecule has 1 aromatic heterocycles. The first-order valence-electron chi connectivity index (χ1n) is 14.1. The van der Waals surface area contributed by atoms with Crippen LogP contribution in [-0.2, 0) is 16.0 Å². The molecular weight excluding hydrogens is 516 g/mol. The van der Waals surface area contributed by atoms with Gasteiger partial charge < -0.3 is 24.6 Å². The van der Waals surface area contributed by atoms with E-state index in [9.17, 15) is 20.0 Å². The normalized spacial score (nSPS) is 21.8. The van der Waals surface area contributed by atoms with Gasteiger partial charge in [-0.3, -0.25) is 15.0 Å². The fourth-order valence-electron chi connectivity index (χ4n) is 5.87. The number of morpholine rings is 1. The second kappa shape index (κ2) is 13.9. The number of pyridine rings is 1. The number of anilines is 1. The van der Waals surface area contributed by atoms with Crippen molar-refractivity contribution in [1.29, 1.82) is 0 Å². The number of carboxylic acid groups (broad SMARTS) is 1. The summed E-state index contributed by atoms with van der Waals surface area (Å²) >= 11 is 0. The van der Waals surface area contributed by atoms with Crippen molar-refractivity contribution in [2.45, 2.75) is 52.7 Å². The van der Waals surface area contributed by atoms with Crippen LogP contribution >= 0.6 is 0 Å². The summed E-state index contributed by atoms with van der Waals surface area (Å²) in [5.74, 6) is 1.32. The van der Waals surface area contributed by atoms with Gasteiger partial charge in [0.15, 0.2) is 0 Å². The Morgan fingerprint density at radius 3 is 2.73 bits per heavy atom. The van der Waals surface area contributed by atoms with Crippen molar-refractivity contribution < 1.29 is 29.0 Å². The summed E-state index contributed by atoms with van der Waals surface area (Å²) < 4.78 is 17.7. The maximum absolute atomic E-state index is 11.7. The van der Waals surface area contributed by atoms with Gasteiger partial charge >= 0.3 is 11.7 Å². The molecule has 1 aromatic carbocycles. The number of nitro groups is 1. The molecule has 1 aliphatic carbocycles. The molecule has 2 fully saturated rings. The van der Waals surface area contributed by atoms with E-state index in [2.05, 4.69) is 36.0 Å². The molecule has 3 unspecified atom stereocenters. The lowest BCUT2D eigenvalue weighted by Gasteiger charge is -2.39. The fraction of sp³-hybridized carbons (Fsp3) is 0.586. The van der Waals surface area contributed by atoms with Crippen LogP contribution < -0.4 is 10.1 Å². The third-order valence-corrected chi connectivity index (χ3v) is 7.80. The van der Waals surface area contributed by atoms with Gasteiger partial charge in [-0.25, -0.2) is 4.79 Å². The SMILES string of the molecule is CC(C)C1C(C)CCCC1OCCNc1nc(Oc2ccc(C(=O)O)cc2CN2CCOCC2)ccc1[N+](=O)[O-]. The second-order valence-electron chi connectivity index (χ2n) is 11.0. The molecule has 4 rings (SSSR count). The van der Waals surface area contributed by atoms with E-state index in [1.165, 1.54) is 24.6 Å². The van der Waals surface area contributed by atoms with E-state index < -0.39 is 10.9 Å². The van der Waals surface area contributed by atoms with Crippen molar-refractivity contribution in [3.8, 4) is 11.6 Å². The van der Waals surface area contributed by atoms with Crippen LogP contribution in [0.15, 0.2) is 30.3 Å². The van der Waals surface area contributed by atoms with E-state index in [0.29, 0.717) is 62.0 Å². The van der Waals surface area contributed by atoms with E-state index in [0.717, 1.165) is 25.9 Å². The van der Waals surface area contributed by atoms with Crippen molar-refractivity contribution >= 4 is 17.5 Å². The van der Waals surface area contributed by atoms with Crippen molar-refractivity contribution in [3.05, 3.63) is 51.6 Å². The number of ether oxygens (including phenoxy) is 3. The monoisotopic (exact) mass is 556 g/mol. The summed E-state index contributed by atoms with van der Waals surface area (Å²) in [4.78, 5) is 29.3. The predicted octanol–water partition coefficient (Wildman–Crippen LogP) is 5.20. The van der Waals surface area contributed by atoms with Gasteiger partial charge in [0, 0.05) is 43.9 Å². The average Bonchev–Trinajstić information content (AvgIpc) is 2.92. The molecule has 1 aliphatic heterocycles. The minimum absolute atomic E-state index is 0.0976. The lowest BCUT2D eigenvalue weighted by atomic mass is 9.72. The number of hydrogen-bond acceptors (Lipinski definition) is 9. The molecule has 3 atom stereocenters. The summed E-state index contributed by atoms with van der Waals surface area (Å²) in [7, 11) is 0. The maximum Gasteiger partial charge on any atom is 0.335 e. The van der Waals surface area contributed by atoms with E-state index in [-0.39, 0.29) is 29.1 Å². The van der Waals surface area contributed by atoms with Gasteiger partial charge in [0.1, 0.15) is 5.75 Å². The number of nitrogens with one attached hydrogen (secondary N) is 1. The number of nitrogens with zero attached hydrogens (tertiary/aromatic N) is 3. The first-order valence-corrected chi connectivity index (χ1v) is 14.1. The van der Waals surface area contributed by atoms with Gasteiger partial charge in [-0.2, -0.15) is 4.98 Å². The molecule has 2 N–H and O–H groups in total. The Balaban J connectivity index is 1.46. The lowest BCUT2D eigenvalue weighted by molar-refractivity contribution is -0.384. The summed E-state index contributed by atoms with van der Waals surface area (Å²) in [5, 5.41) is 24.2. The number of rotatable bonds is 12. The van der Waals surface area contributed by atoms with Crippen molar-refractivity contribution in [2.24, 2.45) is 17.8 Å². The van der Waals surface area contributed by atoms with Gasteiger partial charge in [0.2, 0.25) is 11.7 Å². The molecule has 1 saturated carbocycles. The Kier molecular flexibility index (Phi) is 10.3. The summed E-state index contributed by atoms with van der Waals surface area (Å²) in [6.45, 7) is 10.7. The molecule has 218 valence electrons. The highest BCUT2D eigenvalue weighted by atomic mass is 16.6. The van der Waals surface area contributed by atoms with Crippen molar-refractivity contribution in [2.75, 3.05) is 44.8 Å². The van der Waals surface area contributed by atoms with E-state index in [1.54, 1.807) is 12.1 Å². The molecule has 2 heterocycles. The Hall–Kier alpha value is -3.28. The first-order chi connectivity index (χ1) is 19.2. The molecule has 40 heavy (non-hydrogen) atoms. The van der Waals surface area contributed by atoms with Crippen LogP contribution in [0, 0.1) is 27.9 Å². The number of carbonyl (C=O) groups is 1. The molecular formula is C29H40N4O7. The quantitative estimate of drug-likeness (QED) is 0.204. The zero-order chi connectivity index (χ0) is 28.6. The van der Waals surface area contributed by atoms with Crippen LogP contribution in [0.5, 0.6) is 11.6 Å². The van der Waals surface area contributed by atoms with Crippen molar-refractivity contribution in [1.82, 2.24) is 9.88 Å². The third kappa shape index (κ3) is 7.67. The highest BCUT2D eigenvalue weighted by Gasteiger charge is 2.33. The maximum atomic E-state index is 11.7. The number of benzene rings is 1. The van der Waals surface area contributed by atoms with Crippen LogP contribution in [0.25, 0.3) is 0 Å². The van der Waals surface area contributed by atoms with E-state index in [4.69, 9.17) is 14.2 Å². The molecule has 2 aliphatic rings. The predicted molar refractivity (Wildman–Crippen MR) is 150 cm³/mol. The molecule has 11 nitrogen and oxygen atoms in total. The molecule has 1 saturated heterocycles. The standard InChI is InChI=1S/C29H40N4O7/c1-19(2)27-20(3)5-4-6-25(27)39-14-11-30-28-23(33(36)37)8-10-26(31-28)40-24-9-7-21(29(34)35)17-22(24)18-32-12-15-38-16-13-32/h7-10,17,19-20,25,27H,4-6,11-16,18H2,1-3H3,(H,30,31)(H,34,35). The highest BCUT2D eigenvalue weighted by Crippen LogP contribution is 2.37. The summed E-state index contributed by atoms with van der Waals surface area (Å²) in [6.07, 6.45) is 3.58. The molecule has 0 spiro atoms. The number of carboxylic acids is 1. The Labute approximate surface area is 235 Å². The molecule has 0 radical (unpaired) electrons. The highest BCUT2D eigenvalue weighted by molar-refractivity contribution is 5.88. The first kappa shape index (κ1) is 29.7. The van der Waals surface area contributed by atoms with E-state index in [1.807, 2.05) is 0 Å². The minimum atomic E-state index is -1.03. The van der Waals surface area contributed by atoms with Crippen LogP contribution in [0.2, 0.25) is 0 Å². The lowest BCUT2D eigenvalue weighted by Crippen LogP contribution is -2.37. The van der Waals surface area contributed by atoms with Crippen LogP contribution in [0.1, 0.15) is 56.0 Å². The van der Waals surface area contributed by atoms with Gasteiger partial charge in [-0.1, -0.05) is 33.6 Å². The largest absolute Gasteiger partial charge is 0.478 e. The second-order valence-corrected chi connectivity index (χ2v) is 11.0. The van der Waals surface area contributed by atoms with Crippen molar-refractivity contribution in [3.63, 3.8) is 0 Å². The minimum Gasteiger partial charge on any atom is -0.478 e. The van der Waals surface area contributed by atoms with Gasteiger partial charge in [0.25, 0.3) is 0 Å². The number of aromatic nitrogens is 1. The van der Waals surface area contributed by atoms with E-state index >= 15 is 0 Å². The zero-order valence-electron chi connectivity index (χ0n) is 23.5. The Morgan fingerprint density at radius 1 is 1.25 bits per heavy atom. The summed E-state index contributed by atoms with van der Waals surface area (Å²) in [6, 6.07) is 7.46. The molecule has 0 amide bonds. The van der Waals surface area contributed by atoms with Crippen LogP contribution in [-0.4, -0.2) is 71.4 Å². The van der Waals surface area contributed by atoms with Crippen LogP contribution in [0.3, 0.4) is 0 Å². The van der Waals surface area contributed by atoms with Gasteiger partial charge in [-0.15, -0.1) is 0 Å². The van der Waals surface area contributed by atoms with Crippen LogP contribution in [0.4, 0.5) is 11.5 Å². The Bertz CT molecular complexity index is 1170. The summed E-state index contributed by atoms with van der Waals surface area (Å²) in [5.41, 5.74) is 0.682. The third-order valence-electron chi connectivity index (χ3n) is 7.80. The fourth-order valence-corrected chi connectivity index (χ4v) is 5.87. The average molecular weight is 557 g/mol. The molecule has 2 aromatic rings. The topological polar surface area (TPSA) is 136 Å².